The minimum atomic E-state index is -1.72. The number of hydrogen-bond acceptors (Lipinski definition) is 9. The number of hydrogen-bond donors (Lipinski definition) is 0. The van der Waals surface area contributed by atoms with E-state index in [0.717, 1.165) is 30.9 Å². The standard InChI is InChI=1S/C19H15ClN2O9/c1-8(23)29-18(30-9(2)24)19-6-5-13(31-19)14-15(19)17(26)21(16(14)25)12-7-10(22(27)28)3-4-11(12)20/h3-7,13-15,18H,1-2H3/t13-,14+,15+,19+/m1/s1. The number of halogens is 1. The topological polar surface area (TPSA) is 142 Å². The molecule has 11 nitrogen and oxygen atoms in total. The first kappa shape index (κ1) is 20.9. The summed E-state index contributed by atoms with van der Waals surface area (Å²) in [4.78, 5) is 61.0. The lowest BCUT2D eigenvalue weighted by Crippen LogP contribution is -2.52. The normalized spacial score (nSPS) is 28.3. The quantitative estimate of drug-likeness (QED) is 0.163. The number of non-ortho nitro benzene ring substituents is 1. The van der Waals surface area contributed by atoms with Gasteiger partial charge in [0.25, 0.3) is 12.0 Å². The summed E-state index contributed by atoms with van der Waals surface area (Å²) < 4.78 is 16.1. The van der Waals surface area contributed by atoms with E-state index in [1.54, 1.807) is 0 Å². The predicted octanol–water partition coefficient (Wildman–Crippen LogP) is 1.51. The van der Waals surface area contributed by atoms with Gasteiger partial charge in [-0.05, 0) is 12.1 Å². The molecule has 1 aromatic rings. The Balaban J connectivity index is 1.78. The fraction of sp³-hybridized carbons (Fsp3) is 0.368. The van der Waals surface area contributed by atoms with Crippen molar-refractivity contribution >= 4 is 46.7 Å². The maximum absolute atomic E-state index is 13.4. The van der Waals surface area contributed by atoms with E-state index >= 15 is 0 Å². The number of esters is 2. The summed E-state index contributed by atoms with van der Waals surface area (Å²) in [5, 5.41) is 11.1. The Morgan fingerprint density at radius 1 is 1.23 bits per heavy atom. The molecule has 4 atom stereocenters. The lowest BCUT2D eigenvalue weighted by molar-refractivity contribution is -0.384. The van der Waals surface area contributed by atoms with Crippen LogP contribution >= 0.6 is 11.6 Å². The average Bonchev–Trinajstić information content (AvgIpc) is 3.32. The highest BCUT2D eigenvalue weighted by molar-refractivity contribution is 6.36. The number of amides is 2. The van der Waals surface area contributed by atoms with Gasteiger partial charge < -0.3 is 14.2 Å². The molecule has 3 heterocycles. The zero-order valence-electron chi connectivity index (χ0n) is 16.1. The lowest BCUT2D eigenvalue weighted by Gasteiger charge is -2.34. The van der Waals surface area contributed by atoms with Crippen LogP contribution < -0.4 is 4.90 Å². The maximum Gasteiger partial charge on any atom is 0.305 e. The van der Waals surface area contributed by atoms with Crippen molar-refractivity contribution in [3.05, 3.63) is 45.5 Å². The summed E-state index contributed by atoms with van der Waals surface area (Å²) >= 11 is 6.14. The summed E-state index contributed by atoms with van der Waals surface area (Å²) in [5.41, 5.74) is -2.23. The third-order valence-electron chi connectivity index (χ3n) is 5.37. The summed E-state index contributed by atoms with van der Waals surface area (Å²) in [6.07, 6.45) is 0.484. The number of anilines is 1. The van der Waals surface area contributed by atoms with Gasteiger partial charge in [0.2, 0.25) is 11.8 Å². The van der Waals surface area contributed by atoms with E-state index in [4.69, 9.17) is 25.8 Å². The van der Waals surface area contributed by atoms with Crippen LogP contribution in [0.4, 0.5) is 11.4 Å². The van der Waals surface area contributed by atoms with Gasteiger partial charge in [-0.25, -0.2) is 4.90 Å². The van der Waals surface area contributed by atoms with E-state index < -0.39 is 58.5 Å². The molecule has 0 unspecified atom stereocenters. The number of rotatable bonds is 5. The van der Waals surface area contributed by atoms with Gasteiger partial charge in [-0.2, -0.15) is 0 Å². The molecule has 12 heteroatoms. The van der Waals surface area contributed by atoms with Crippen LogP contribution in [-0.2, 0) is 33.4 Å². The summed E-state index contributed by atoms with van der Waals surface area (Å²) in [5.74, 6) is -5.25. The van der Waals surface area contributed by atoms with Crippen molar-refractivity contribution in [3.8, 4) is 0 Å². The van der Waals surface area contributed by atoms with Crippen molar-refractivity contribution in [1.29, 1.82) is 0 Å². The van der Waals surface area contributed by atoms with Crippen LogP contribution in [-0.4, -0.2) is 46.7 Å². The number of imide groups is 1. The van der Waals surface area contributed by atoms with Crippen molar-refractivity contribution in [3.63, 3.8) is 0 Å². The van der Waals surface area contributed by atoms with E-state index in [1.807, 2.05) is 0 Å². The average molecular weight is 451 g/mol. The van der Waals surface area contributed by atoms with Crippen molar-refractivity contribution < 1.29 is 38.3 Å². The molecule has 3 aliphatic heterocycles. The fourth-order valence-electron chi connectivity index (χ4n) is 4.24. The predicted molar refractivity (Wildman–Crippen MR) is 102 cm³/mol. The van der Waals surface area contributed by atoms with E-state index in [1.165, 1.54) is 18.2 Å². The van der Waals surface area contributed by atoms with E-state index in [0.29, 0.717) is 0 Å². The molecule has 4 rings (SSSR count). The van der Waals surface area contributed by atoms with E-state index in [9.17, 15) is 29.3 Å². The summed E-state index contributed by atoms with van der Waals surface area (Å²) in [6, 6.07) is 3.38. The number of benzene rings is 1. The van der Waals surface area contributed by atoms with Gasteiger partial charge in [0.1, 0.15) is 0 Å². The Morgan fingerprint density at radius 2 is 1.87 bits per heavy atom. The highest BCUT2D eigenvalue weighted by Crippen LogP contribution is 2.55. The minimum absolute atomic E-state index is 0.0425. The lowest BCUT2D eigenvalue weighted by atomic mass is 9.76. The smallest absolute Gasteiger partial charge is 0.305 e. The largest absolute Gasteiger partial charge is 0.422 e. The van der Waals surface area contributed by atoms with Crippen molar-refractivity contribution in [1.82, 2.24) is 0 Å². The van der Waals surface area contributed by atoms with Crippen LogP contribution in [0.3, 0.4) is 0 Å². The molecule has 0 aromatic heterocycles. The third-order valence-corrected chi connectivity index (χ3v) is 5.69. The molecule has 2 bridgehead atoms. The first-order valence-corrected chi connectivity index (χ1v) is 9.48. The van der Waals surface area contributed by atoms with Gasteiger partial charge in [-0.1, -0.05) is 17.7 Å². The van der Waals surface area contributed by atoms with E-state index in [2.05, 4.69) is 0 Å². The van der Waals surface area contributed by atoms with Crippen LogP contribution in [0.1, 0.15) is 13.8 Å². The molecule has 0 saturated carbocycles. The van der Waals surface area contributed by atoms with Gasteiger partial charge >= 0.3 is 11.9 Å². The molecule has 31 heavy (non-hydrogen) atoms. The number of nitro benzene ring substituents is 1. The molecule has 1 aromatic carbocycles. The van der Waals surface area contributed by atoms with Gasteiger partial charge in [0.05, 0.1) is 33.6 Å². The van der Waals surface area contributed by atoms with Crippen LogP contribution in [0.5, 0.6) is 0 Å². The number of nitrogens with zero attached hydrogens (tertiary/aromatic N) is 2. The zero-order chi connectivity index (χ0) is 22.7. The molecular weight excluding hydrogens is 436 g/mol. The first-order valence-electron chi connectivity index (χ1n) is 9.10. The minimum Gasteiger partial charge on any atom is -0.422 e. The van der Waals surface area contributed by atoms with E-state index in [-0.39, 0.29) is 16.4 Å². The summed E-state index contributed by atoms with van der Waals surface area (Å²) in [7, 11) is 0. The van der Waals surface area contributed by atoms with Gasteiger partial charge in [0, 0.05) is 26.0 Å². The molecule has 162 valence electrons. The highest BCUT2D eigenvalue weighted by Gasteiger charge is 2.72. The maximum atomic E-state index is 13.4. The monoisotopic (exact) mass is 450 g/mol. The Morgan fingerprint density at radius 3 is 2.45 bits per heavy atom. The third kappa shape index (κ3) is 3.08. The highest BCUT2D eigenvalue weighted by atomic mass is 35.5. The number of fused-ring (bicyclic) bond motifs is 5. The molecule has 0 spiro atoms. The summed E-state index contributed by atoms with van der Waals surface area (Å²) in [6.45, 7) is 2.18. The molecule has 0 radical (unpaired) electrons. The van der Waals surface area contributed by atoms with Crippen LogP contribution in [0, 0.1) is 22.0 Å². The Hall–Kier alpha value is -3.31. The first-order chi connectivity index (χ1) is 14.6. The van der Waals surface area contributed by atoms with Gasteiger partial charge in [0.15, 0.2) is 5.60 Å². The number of nitro groups is 1. The van der Waals surface area contributed by atoms with Gasteiger partial charge in [-0.3, -0.25) is 29.3 Å². The SMILES string of the molecule is CC(=O)OC(OC(C)=O)[C@@]12C=C[C@@H](O1)[C@@H]1C(=O)N(c3cc([N+](=O)[O-])ccc3Cl)C(=O)[C@H]12. The van der Waals surface area contributed by atoms with Crippen molar-refractivity contribution in [2.45, 2.75) is 31.8 Å². The number of carbonyl (C=O) groups is 4. The molecular formula is C19H15ClN2O9. The van der Waals surface area contributed by atoms with Crippen LogP contribution in [0.15, 0.2) is 30.4 Å². The van der Waals surface area contributed by atoms with Crippen molar-refractivity contribution in [2.24, 2.45) is 11.8 Å². The second-order valence-corrected chi connectivity index (χ2v) is 7.66. The second kappa shape index (κ2) is 7.13. The van der Waals surface area contributed by atoms with Crippen LogP contribution in [0.2, 0.25) is 5.02 Å². The fourth-order valence-corrected chi connectivity index (χ4v) is 4.44. The molecule has 3 aliphatic rings. The van der Waals surface area contributed by atoms with Crippen molar-refractivity contribution in [2.75, 3.05) is 4.90 Å². The molecule has 2 saturated heterocycles. The van der Waals surface area contributed by atoms with Crippen LogP contribution in [0.25, 0.3) is 0 Å². The molecule has 0 aliphatic carbocycles. The molecule has 0 N–H and O–H groups in total. The Bertz CT molecular complexity index is 1050. The zero-order valence-corrected chi connectivity index (χ0v) is 16.9. The molecule has 2 amide bonds. The van der Waals surface area contributed by atoms with Gasteiger partial charge in [-0.15, -0.1) is 0 Å². The number of ether oxygens (including phenoxy) is 3. The number of carbonyl (C=O) groups excluding carboxylic acids is 4. The Kier molecular flexibility index (Phi) is 4.82. The Labute approximate surface area is 179 Å². The molecule has 2 fully saturated rings. The second-order valence-electron chi connectivity index (χ2n) is 7.25.